The molecule has 11 heteroatoms. The molecule has 0 saturated carbocycles. The summed E-state index contributed by atoms with van der Waals surface area (Å²) in [5.41, 5.74) is 0. The smallest absolute Gasteiger partial charge is 0.303 e. The molecule has 0 fully saturated rings. The standard InChI is InChI=1S/IO4.Na.H3O4P/c2-1(3,4)5;;1-5(2,3)4/h;;(H3,1,2,3,4)/q-1;+1;. The van der Waals surface area contributed by atoms with E-state index in [9.17, 15) is 0 Å². The topological polar surface area (TPSA) is 170 Å². The molecule has 11 heavy (non-hydrogen) atoms. The monoisotopic (exact) mass is 312 g/mol. The molecule has 0 bridgehead atoms. The normalized spacial score (nSPS) is 10.8. The van der Waals surface area contributed by atoms with Gasteiger partial charge in [0.2, 0.25) is 0 Å². The van der Waals surface area contributed by atoms with Crippen LogP contribution in [0.25, 0.3) is 0 Å². The van der Waals surface area contributed by atoms with Crippen LogP contribution in [0.15, 0.2) is 0 Å². The molecule has 0 amide bonds. The zero-order valence-electron chi connectivity index (χ0n) is 5.21. The van der Waals surface area contributed by atoms with Gasteiger partial charge in [-0.25, -0.2) is 4.57 Å². The van der Waals surface area contributed by atoms with Crippen LogP contribution in [0.1, 0.15) is 0 Å². The minimum absolute atomic E-state index is 0. The van der Waals surface area contributed by atoms with E-state index in [1.165, 1.54) is 0 Å². The van der Waals surface area contributed by atoms with Gasteiger partial charge in [0.1, 0.15) is 20.1 Å². The van der Waals surface area contributed by atoms with Gasteiger partial charge in [0.15, 0.2) is 0 Å². The van der Waals surface area contributed by atoms with E-state index in [2.05, 4.69) is 0 Å². The van der Waals surface area contributed by atoms with E-state index in [1.807, 2.05) is 0 Å². The second-order valence-electron chi connectivity index (χ2n) is 0.891. The zero-order valence-corrected chi connectivity index (χ0v) is 10.3. The largest absolute Gasteiger partial charge is 1.00 e. The first-order chi connectivity index (χ1) is 4.00. The fourth-order valence-corrected chi connectivity index (χ4v) is 0. The third-order valence-corrected chi connectivity index (χ3v) is 0. The third-order valence-electron chi connectivity index (χ3n) is 0. The van der Waals surface area contributed by atoms with Gasteiger partial charge < -0.3 is 14.7 Å². The van der Waals surface area contributed by atoms with Crippen molar-refractivity contribution < 1.29 is 82.6 Å². The molecule has 3 N–H and O–H groups in total. The molecule has 64 valence electrons. The van der Waals surface area contributed by atoms with Gasteiger partial charge in [-0.15, -0.1) is 0 Å². The first-order valence-corrected chi connectivity index (χ1v) is 6.49. The van der Waals surface area contributed by atoms with Crippen molar-refractivity contribution in [1.82, 2.24) is 0 Å². The first kappa shape index (κ1) is 18.5. The number of phosphoric acid groups is 1. The summed E-state index contributed by atoms with van der Waals surface area (Å²) in [6, 6.07) is 0. The van der Waals surface area contributed by atoms with E-state index < -0.39 is 27.9 Å². The van der Waals surface area contributed by atoms with Crippen molar-refractivity contribution in [3.05, 3.63) is 0 Å². The summed E-state index contributed by atoms with van der Waals surface area (Å²) in [4.78, 5) is 21.6. The van der Waals surface area contributed by atoms with E-state index in [-0.39, 0.29) is 29.6 Å². The molecular formula is H3INaO8P. The van der Waals surface area contributed by atoms with Crippen molar-refractivity contribution in [2.45, 2.75) is 0 Å². The van der Waals surface area contributed by atoms with Crippen LogP contribution in [0.4, 0.5) is 0 Å². The van der Waals surface area contributed by atoms with Gasteiger partial charge in [-0.1, -0.05) is 0 Å². The maximum Gasteiger partial charge on any atom is 1.00 e. The number of hydrogen-bond donors (Lipinski definition) is 3. The summed E-state index contributed by atoms with van der Waals surface area (Å²) in [7, 11) is -4.64. The number of rotatable bonds is 0. The summed E-state index contributed by atoms with van der Waals surface area (Å²) in [6.45, 7) is 0. The maximum absolute atomic E-state index is 8.88. The van der Waals surface area contributed by atoms with Gasteiger partial charge in [-0.3, -0.25) is 13.7 Å². The van der Waals surface area contributed by atoms with E-state index in [1.54, 1.807) is 0 Å². The van der Waals surface area contributed by atoms with Crippen LogP contribution in [0.5, 0.6) is 0 Å². The molecule has 0 heterocycles. The fourth-order valence-electron chi connectivity index (χ4n) is 0. The Hall–Kier alpha value is 1.68. The van der Waals surface area contributed by atoms with Crippen molar-refractivity contribution in [1.29, 1.82) is 0 Å². The van der Waals surface area contributed by atoms with Crippen LogP contribution in [0, 0.1) is 0 Å². The summed E-state index contributed by atoms with van der Waals surface area (Å²) in [5, 5.41) is 0. The molecule has 0 aliphatic carbocycles. The summed E-state index contributed by atoms with van der Waals surface area (Å²) >= 11 is -5.94. The van der Waals surface area contributed by atoms with E-state index in [0.29, 0.717) is 0 Å². The van der Waals surface area contributed by atoms with Crippen LogP contribution in [-0.2, 0) is 4.57 Å². The SMILES string of the molecule is O=P(O)(O)O.[Na+].[O-][I+3]([O-])([O-])[O-]. The molecule has 8 nitrogen and oxygen atoms in total. The zero-order chi connectivity index (χ0) is 9.00. The number of halogens is 1. The van der Waals surface area contributed by atoms with Crippen LogP contribution >= 0.6 is 7.82 Å². The van der Waals surface area contributed by atoms with Crippen LogP contribution < -0.4 is 63.4 Å². The molecule has 0 rings (SSSR count). The van der Waals surface area contributed by atoms with E-state index in [0.717, 1.165) is 0 Å². The Morgan fingerprint density at radius 2 is 1.00 bits per heavy atom. The molecule has 0 aliphatic rings. The second kappa shape index (κ2) is 7.12. The van der Waals surface area contributed by atoms with Crippen molar-refractivity contribution >= 4 is 7.82 Å². The number of hydrogen-bond acceptors (Lipinski definition) is 5. The minimum atomic E-state index is -5.94. The predicted molar refractivity (Wildman–Crippen MR) is 14.3 cm³/mol. The predicted octanol–water partition coefficient (Wildman–Crippen LogP) is -11.7. The Morgan fingerprint density at radius 3 is 1.00 bits per heavy atom. The molecule has 0 aliphatic heterocycles. The average molecular weight is 312 g/mol. The van der Waals surface area contributed by atoms with Gasteiger partial charge in [0, 0.05) is 0 Å². The maximum atomic E-state index is 8.88. The van der Waals surface area contributed by atoms with Crippen molar-refractivity contribution in [2.24, 2.45) is 0 Å². The Balaban J connectivity index is -0.000000107. The third kappa shape index (κ3) is 388. The van der Waals surface area contributed by atoms with Crippen LogP contribution in [-0.4, -0.2) is 14.7 Å². The minimum Gasteiger partial charge on any atom is -0.303 e. The molecule has 0 aromatic rings. The molecule has 0 radical (unpaired) electrons. The average Bonchev–Trinajstić information content (AvgIpc) is 1.12. The van der Waals surface area contributed by atoms with Gasteiger partial charge in [0.05, 0.1) is 0 Å². The Bertz CT molecular complexity index is 106. The van der Waals surface area contributed by atoms with Gasteiger partial charge in [-0.2, -0.15) is 0 Å². The molecule has 0 aromatic heterocycles. The van der Waals surface area contributed by atoms with Gasteiger partial charge in [-0.05, 0) is 0 Å². The Kier molecular flexibility index (Phi) is 11.9. The van der Waals surface area contributed by atoms with Crippen LogP contribution in [0.3, 0.4) is 0 Å². The summed E-state index contributed by atoms with van der Waals surface area (Å²) in [5.74, 6) is 0. The van der Waals surface area contributed by atoms with Crippen LogP contribution in [0.2, 0.25) is 0 Å². The fraction of sp³-hybridized carbons (Fsp3) is 0. The van der Waals surface area contributed by atoms with Gasteiger partial charge in [0.25, 0.3) is 0 Å². The molecule has 0 saturated heterocycles. The molecule has 0 atom stereocenters. The molecule has 0 aromatic carbocycles. The van der Waals surface area contributed by atoms with Crippen molar-refractivity contribution in [3.63, 3.8) is 0 Å². The Morgan fingerprint density at radius 1 is 1.00 bits per heavy atom. The van der Waals surface area contributed by atoms with E-state index >= 15 is 0 Å². The molecular weight excluding hydrogens is 309 g/mol. The molecule has 0 unspecified atom stereocenters. The molecule has 0 spiro atoms. The van der Waals surface area contributed by atoms with Gasteiger partial charge >= 0.3 is 37.4 Å². The van der Waals surface area contributed by atoms with Crippen molar-refractivity contribution in [2.75, 3.05) is 0 Å². The summed E-state index contributed by atoms with van der Waals surface area (Å²) in [6.07, 6.45) is 0. The quantitative estimate of drug-likeness (QED) is 0.225. The van der Waals surface area contributed by atoms with E-state index in [4.69, 9.17) is 33.0 Å². The second-order valence-corrected chi connectivity index (χ2v) is 4.08. The first-order valence-electron chi connectivity index (χ1n) is 1.40. The summed E-state index contributed by atoms with van der Waals surface area (Å²) < 4.78 is 43.4. The van der Waals surface area contributed by atoms with Crippen molar-refractivity contribution in [3.8, 4) is 0 Å². The Labute approximate surface area is 89.7 Å².